The van der Waals surface area contributed by atoms with Gasteiger partial charge in [-0.25, -0.2) is 4.79 Å². The molecule has 4 heteroatoms. The van der Waals surface area contributed by atoms with Gasteiger partial charge in [-0.2, -0.15) is 0 Å². The van der Waals surface area contributed by atoms with E-state index in [0.717, 1.165) is 24.4 Å². The first-order chi connectivity index (χ1) is 10.2. The van der Waals surface area contributed by atoms with E-state index < -0.39 is 0 Å². The van der Waals surface area contributed by atoms with Crippen molar-refractivity contribution in [2.45, 2.75) is 46.2 Å². The van der Waals surface area contributed by atoms with E-state index in [1.165, 1.54) is 12.0 Å². The molecule has 3 atom stereocenters. The Bertz CT molecular complexity index is 686. The molecule has 1 aliphatic rings. The minimum atomic E-state index is -0.262. The molecule has 4 nitrogen and oxygen atoms in total. The van der Waals surface area contributed by atoms with Crippen molar-refractivity contribution in [2.24, 2.45) is 11.8 Å². The van der Waals surface area contributed by atoms with Gasteiger partial charge in [-0.3, -0.25) is 4.57 Å². The Morgan fingerprint density at radius 1 is 1.43 bits per heavy atom. The lowest BCUT2D eigenvalue weighted by Crippen LogP contribution is -2.24. The molecule has 0 radical (unpaired) electrons. The molecule has 114 valence electrons. The maximum atomic E-state index is 11.8. The highest BCUT2D eigenvalue weighted by molar-refractivity contribution is 5.74. The number of oxazole rings is 1. The molecule has 1 heterocycles. The summed E-state index contributed by atoms with van der Waals surface area (Å²) in [4.78, 5) is 11.8. The zero-order valence-corrected chi connectivity index (χ0v) is 13.1. The fourth-order valence-corrected chi connectivity index (χ4v) is 3.21. The smallest absolute Gasteiger partial charge is 0.408 e. The summed E-state index contributed by atoms with van der Waals surface area (Å²) in [5, 5.41) is 3.65. The first-order valence-corrected chi connectivity index (χ1v) is 8.02. The summed E-state index contributed by atoms with van der Waals surface area (Å²) < 4.78 is 7.07. The summed E-state index contributed by atoms with van der Waals surface area (Å²) in [6.45, 7) is 8.11. The van der Waals surface area contributed by atoms with Gasteiger partial charge in [-0.15, -0.1) is 0 Å². The van der Waals surface area contributed by atoms with Crippen molar-refractivity contribution in [3.63, 3.8) is 0 Å². The molecule has 0 amide bonds. The topological polar surface area (TPSA) is 47.2 Å². The molecule has 1 aliphatic carbocycles. The number of hydrogen-bond acceptors (Lipinski definition) is 3. The molecule has 0 bridgehead atoms. The Labute approximate surface area is 125 Å². The van der Waals surface area contributed by atoms with E-state index >= 15 is 0 Å². The maximum Gasteiger partial charge on any atom is 0.419 e. The summed E-state index contributed by atoms with van der Waals surface area (Å²) in [7, 11) is 0. The fraction of sp³-hybridized carbons (Fsp3) is 0.588. The quantitative estimate of drug-likeness (QED) is 0.887. The van der Waals surface area contributed by atoms with Crippen LogP contribution in [0.15, 0.2) is 27.4 Å². The van der Waals surface area contributed by atoms with Crippen molar-refractivity contribution >= 4 is 11.1 Å². The summed E-state index contributed by atoms with van der Waals surface area (Å²) >= 11 is 0. The Morgan fingerprint density at radius 3 is 2.81 bits per heavy atom. The second kappa shape index (κ2) is 5.68. The zero-order valence-electron chi connectivity index (χ0n) is 13.1. The molecule has 1 aromatic carbocycles. The van der Waals surface area contributed by atoms with Crippen LogP contribution in [0.2, 0.25) is 0 Å². The van der Waals surface area contributed by atoms with Gasteiger partial charge in [0.15, 0.2) is 5.58 Å². The molecule has 21 heavy (non-hydrogen) atoms. The molecule has 1 aromatic heterocycles. The fourth-order valence-electron chi connectivity index (χ4n) is 3.21. The van der Waals surface area contributed by atoms with Crippen LogP contribution >= 0.6 is 0 Å². The Morgan fingerprint density at radius 2 is 2.19 bits per heavy atom. The molecule has 0 saturated heterocycles. The van der Waals surface area contributed by atoms with Crippen molar-refractivity contribution in [3.8, 4) is 0 Å². The van der Waals surface area contributed by atoms with Gasteiger partial charge < -0.3 is 9.73 Å². The first kappa shape index (κ1) is 14.4. The van der Waals surface area contributed by atoms with Crippen molar-refractivity contribution in [2.75, 3.05) is 6.54 Å². The van der Waals surface area contributed by atoms with Crippen LogP contribution in [0.25, 0.3) is 11.1 Å². The van der Waals surface area contributed by atoms with Crippen LogP contribution in [-0.2, 0) is 6.54 Å². The highest BCUT2D eigenvalue weighted by Crippen LogP contribution is 2.47. The van der Waals surface area contributed by atoms with Gasteiger partial charge in [-0.05, 0) is 55.8 Å². The summed E-state index contributed by atoms with van der Waals surface area (Å²) in [6.07, 6.45) is 2.40. The number of nitrogens with zero attached hydrogens (tertiary/aromatic N) is 1. The largest absolute Gasteiger partial charge is 0.419 e. The predicted molar refractivity (Wildman–Crippen MR) is 84.5 cm³/mol. The number of fused-ring (bicyclic) bond motifs is 1. The minimum absolute atomic E-state index is 0.262. The molecular weight excluding hydrogens is 264 g/mol. The monoisotopic (exact) mass is 288 g/mol. The van der Waals surface area contributed by atoms with Gasteiger partial charge in [0.1, 0.15) is 0 Å². The van der Waals surface area contributed by atoms with Gasteiger partial charge in [0, 0.05) is 12.6 Å². The van der Waals surface area contributed by atoms with Gasteiger partial charge >= 0.3 is 5.76 Å². The van der Waals surface area contributed by atoms with Gasteiger partial charge in [0.05, 0.1) is 5.52 Å². The zero-order chi connectivity index (χ0) is 15.0. The van der Waals surface area contributed by atoms with Crippen LogP contribution in [0.5, 0.6) is 0 Å². The van der Waals surface area contributed by atoms with Crippen LogP contribution in [0.3, 0.4) is 0 Å². The van der Waals surface area contributed by atoms with E-state index in [0.29, 0.717) is 24.1 Å². The number of hydrogen-bond donors (Lipinski definition) is 1. The Kier molecular flexibility index (Phi) is 3.89. The molecule has 3 rings (SSSR count). The molecular formula is C17H24N2O2. The lowest BCUT2D eigenvalue weighted by molar-refractivity contribution is 0.462. The van der Waals surface area contributed by atoms with E-state index in [2.05, 4.69) is 25.2 Å². The number of aromatic nitrogens is 1. The average Bonchev–Trinajstić information content (AvgIpc) is 3.09. The number of aryl methyl sites for hydroxylation is 1. The second-order valence-corrected chi connectivity index (χ2v) is 6.15. The van der Waals surface area contributed by atoms with Crippen LogP contribution in [0, 0.1) is 11.8 Å². The normalized spacial score (nSPS) is 22.6. The van der Waals surface area contributed by atoms with Crippen molar-refractivity contribution in [3.05, 3.63) is 34.3 Å². The van der Waals surface area contributed by atoms with E-state index in [4.69, 9.17) is 4.42 Å². The Balaban J connectivity index is 1.96. The predicted octanol–water partition coefficient (Wildman–Crippen LogP) is 3.31. The molecule has 1 fully saturated rings. The van der Waals surface area contributed by atoms with E-state index in [-0.39, 0.29) is 5.76 Å². The van der Waals surface area contributed by atoms with E-state index in [1.54, 1.807) is 4.57 Å². The van der Waals surface area contributed by atoms with Crippen LogP contribution < -0.4 is 11.1 Å². The molecule has 0 aliphatic heterocycles. The lowest BCUT2D eigenvalue weighted by Gasteiger charge is -2.19. The van der Waals surface area contributed by atoms with Gasteiger partial charge in [-0.1, -0.05) is 19.9 Å². The SMILES string of the molecule is CCCNC(c1ccc2c(c1)oc(=O)n2CC)C1CC1C. The maximum absolute atomic E-state index is 11.8. The van der Waals surface area contributed by atoms with Crippen molar-refractivity contribution < 1.29 is 4.42 Å². The van der Waals surface area contributed by atoms with Crippen LogP contribution in [0.4, 0.5) is 0 Å². The number of nitrogens with one attached hydrogen (secondary N) is 1. The lowest BCUT2D eigenvalue weighted by atomic mass is 10.0. The summed E-state index contributed by atoms with van der Waals surface area (Å²) in [6, 6.07) is 6.58. The Hall–Kier alpha value is -1.55. The highest BCUT2D eigenvalue weighted by atomic mass is 16.4. The number of rotatable bonds is 6. The van der Waals surface area contributed by atoms with Crippen molar-refractivity contribution in [1.29, 1.82) is 0 Å². The van der Waals surface area contributed by atoms with E-state index in [1.807, 2.05) is 19.1 Å². The first-order valence-electron chi connectivity index (χ1n) is 8.02. The second-order valence-electron chi connectivity index (χ2n) is 6.15. The average molecular weight is 288 g/mol. The summed E-state index contributed by atoms with van der Waals surface area (Å²) in [5.41, 5.74) is 2.84. The van der Waals surface area contributed by atoms with Crippen molar-refractivity contribution in [1.82, 2.24) is 9.88 Å². The van der Waals surface area contributed by atoms with Gasteiger partial charge in [0.25, 0.3) is 0 Å². The molecule has 1 saturated carbocycles. The molecule has 3 unspecified atom stereocenters. The number of benzene rings is 1. The molecule has 1 N–H and O–H groups in total. The van der Waals surface area contributed by atoms with E-state index in [9.17, 15) is 4.79 Å². The standard InChI is InChI=1S/C17H24N2O2/c1-4-8-18-16(13-9-11(13)3)12-6-7-14-15(10-12)21-17(20)19(14)5-2/h6-7,10-11,13,16,18H,4-5,8-9H2,1-3H3. The summed E-state index contributed by atoms with van der Waals surface area (Å²) in [5.74, 6) is 1.22. The van der Waals surface area contributed by atoms with Crippen LogP contribution in [0.1, 0.15) is 45.2 Å². The van der Waals surface area contributed by atoms with Crippen LogP contribution in [-0.4, -0.2) is 11.1 Å². The van der Waals surface area contributed by atoms with Gasteiger partial charge in [0.2, 0.25) is 0 Å². The third kappa shape index (κ3) is 2.64. The third-order valence-electron chi connectivity index (χ3n) is 4.58. The molecule has 2 aromatic rings. The molecule has 0 spiro atoms. The highest BCUT2D eigenvalue weighted by Gasteiger charge is 2.40. The minimum Gasteiger partial charge on any atom is -0.408 e. The third-order valence-corrected chi connectivity index (χ3v) is 4.58.